The minimum Gasteiger partial charge on any atom is -0.465 e. The van der Waals surface area contributed by atoms with E-state index in [2.05, 4.69) is 0 Å². The second-order valence-electron chi connectivity index (χ2n) is 3.36. The van der Waals surface area contributed by atoms with Crippen molar-refractivity contribution in [3.05, 3.63) is 0 Å². The van der Waals surface area contributed by atoms with Gasteiger partial charge in [-0.2, -0.15) is 0 Å². The third-order valence-electron chi connectivity index (χ3n) is 1.72. The molecular weight excluding hydrogens is 294 g/mol. The smallest absolute Gasteiger partial charge is 0.322 e. The van der Waals surface area contributed by atoms with Gasteiger partial charge in [-0.3, -0.25) is 4.79 Å². The number of unbranched alkanes of at least 4 members (excludes halogenated alkanes) is 1. The Bertz CT molecular complexity index is 315. The number of rotatable bonds is 7. The molecule has 0 bridgehead atoms. The van der Waals surface area contributed by atoms with Crippen LogP contribution < -0.4 is 11.5 Å². The lowest BCUT2D eigenvalue weighted by molar-refractivity contribution is -0.145. The highest BCUT2D eigenvalue weighted by atomic mass is 16.5. The van der Waals surface area contributed by atoms with Gasteiger partial charge in [-0.1, -0.05) is 13.3 Å². The van der Waals surface area contributed by atoms with Crippen molar-refractivity contribution in [2.45, 2.75) is 38.6 Å². The number of nitrogens with one attached hydrogen (secondary N) is 3. The van der Waals surface area contributed by atoms with E-state index >= 15 is 0 Å². The van der Waals surface area contributed by atoms with E-state index in [9.17, 15) is 4.79 Å². The van der Waals surface area contributed by atoms with Crippen LogP contribution >= 0.6 is 0 Å². The highest BCUT2D eigenvalue weighted by molar-refractivity contribution is 5.75. The fraction of sp³-hybridized carbons (Fsp3) is 0.667. The van der Waals surface area contributed by atoms with Crippen molar-refractivity contribution in [2.75, 3.05) is 13.2 Å². The molecule has 0 aliphatic heterocycles. The normalized spacial score (nSPS) is 8.50. The van der Waals surface area contributed by atoms with Gasteiger partial charge in [0.05, 0.1) is 6.61 Å². The monoisotopic (exact) mass is 317 g/mol. The molecule has 0 aliphatic carbocycles. The summed E-state index contributed by atoms with van der Waals surface area (Å²) in [5.41, 5.74) is 10.9. The Balaban J connectivity index is -0.000000148. The van der Waals surface area contributed by atoms with Crippen LogP contribution in [-0.4, -0.2) is 43.4 Å². The van der Waals surface area contributed by atoms with Crippen molar-refractivity contribution in [3.8, 4) is 0 Å². The fourth-order valence-corrected chi connectivity index (χ4v) is 0.936. The Morgan fingerprint density at radius 2 is 1.50 bits per heavy atom. The first kappa shape index (κ1) is 27.8. The summed E-state index contributed by atoms with van der Waals surface area (Å²) in [7, 11) is 0. The second-order valence-corrected chi connectivity index (χ2v) is 3.36. The van der Waals surface area contributed by atoms with Crippen LogP contribution in [0.25, 0.3) is 0 Å². The predicted octanol–water partition coefficient (Wildman–Crippen LogP) is 0.0988. The van der Waals surface area contributed by atoms with Gasteiger partial charge in [0.15, 0.2) is 0 Å². The van der Waals surface area contributed by atoms with Crippen LogP contribution in [0.4, 0.5) is 0 Å². The van der Waals surface area contributed by atoms with Crippen LogP contribution in [0.5, 0.6) is 0 Å². The summed E-state index contributed by atoms with van der Waals surface area (Å²) < 4.78 is 4.89. The van der Waals surface area contributed by atoms with Crippen LogP contribution in [0, 0.1) is 16.2 Å². The van der Waals surface area contributed by atoms with E-state index < -0.39 is 6.04 Å². The molecule has 0 spiro atoms. The van der Waals surface area contributed by atoms with Crippen LogP contribution in [-0.2, 0) is 23.9 Å². The van der Waals surface area contributed by atoms with E-state index in [0.29, 0.717) is 19.6 Å². The van der Waals surface area contributed by atoms with E-state index in [1.807, 2.05) is 6.92 Å². The minimum atomic E-state index is -0.474. The Morgan fingerprint density at radius 3 is 1.82 bits per heavy atom. The summed E-state index contributed by atoms with van der Waals surface area (Å²) in [6.45, 7) is 3.06. The highest BCUT2D eigenvalue weighted by Crippen LogP contribution is 2.00. The molecule has 22 heavy (non-hydrogen) atoms. The zero-order valence-corrected chi connectivity index (χ0v) is 12.5. The number of hydrogen-bond donors (Lipinski definition) is 5. The Labute approximate surface area is 128 Å². The molecule has 0 aromatic carbocycles. The first-order valence-corrected chi connectivity index (χ1v) is 6.20. The van der Waals surface area contributed by atoms with E-state index in [4.69, 9.17) is 46.8 Å². The molecule has 0 saturated heterocycles. The topological polar surface area (TPSA) is 201 Å². The number of carbonyl (C=O) groups is 1. The maximum absolute atomic E-state index is 11.1. The predicted molar refractivity (Wildman–Crippen MR) is 77.4 cm³/mol. The van der Waals surface area contributed by atoms with Crippen LogP contribution in [0.1, 0.15) is 32.6 Å². The van der Waals surface area contributed by atoms with Gasteiger partial charge in [0, 0.05) is 0 Å². The van der Waals surface area contributed by atoms with Crippen molar-refractivity contribution in [1.29, 1.82) is 16.2 Å². The molecule has 0 amide bonds. The zero-order chi connectivity index (χ0) is 18.2. The van der Waals surface area contributed by atoms with Crippen molar-refractivity contribution in [2.24, 2.45) is 11.5 Å². The van der Waals surface area contributed by atoms with Gasteiger partial charge < -0.3 is 16.2 Å². The Hall–Kier alpha value is -2.47. The summed E-state index contributed by atoms with van der Waals surface area (Å²) in [5.74, 6) is -0.293. The number of carbonyl (C=O) groups excluding carboxylic acids is 4. The lowest BCUT2D eigenvalue weighted by atomic mass is 10.1. The molecule has 0 fully saturated rings. The Morgan fingerprint density at radius 1 is 1.09 bits per heavy atom. The average Bonchev–Trinajstić information content (AvgIpc) is 2.47. The van der Waals surface area contributed by atoms with Gasteiger partial charge in [-0.15, -0.1) is 0 Å². The summed E-state index contributed by atoms with van der Waals surface area (Å²) in [6, 6.07) is -0.474. The van der Waals surface area contributed by atoms with E-state index in [-0.39, 0.29) is 5.97 Å². The second kappa shape index (κ2) is 31.1. The third-order valence-corrected chi connectivity index (χ3v) is 1.72. The van der Waals surface area contributed by atoms with Crippen LogP contribution in [0.2, 0.25) is 0 Å². The molecule has 1 atom stereocenters. The van der Waals surface area contributed by atoms with Crippen molar-refractivity contribution in [1.82, 2.24) is 0 Å². The molecule has 0 saturated carbocycles. The molecule has 0 rings (SSSR count). The van der Waals surface area contributed by atoms with Crippen LogP contribution in [0.3, 0.4) is 0 Å². The molecule has 0 aliphatic rings. The number of ether oxygens (including phenoxy) is 1. The maximum atomic E-state index is 11.1. The lowest BCUT2D eigenvalue weighted by Gasteiger charge is -2.10. The molecule has 0 aromatic heterocycles. The molecular formula is C12H23N5O5. The van der Waals surface area contributed by atoms with Gasteiger partial charge in [0.25, 0.3) is 0 Å². The number of nitrogens with two attached hydrogens (primary N) is 2. The summed E-state index contributed by atoms with van der Waals surface area (Å²) in [5, 5.41) is 16.2. The summed E-state index contributed by atoms with van der Waals surface area (Å²) in [6.07, 6.45) is 5.55. The maximum Gasteiger partial charge on any atom is 0.322 e. The molecule has 126 valence electrons. The van der Waals surface area contributed by atoms with Crippen molar-refractivity contribution < 1.29 is 23.9 Å². The molecule has 10 heteroatoms. The lowest BCUT2D eigenvalue weighted by Crippen LogP contribution is -2.32. The highest BCUT2D eigenvalue weighted by Gasteiger charge is 2.13. The molecule has 10 nitrogen and oxygen atoms in total. The van der Waals surface area contributed by atoms with Crippen molar-refractivity contribution >= 4 is 24.2 Å². The SMILES string of the molecule is CCCOC(=O)[C@@H](N)CCCCN.N=C=O.N=C=O.N=C=O. The molecule has 7 N–H and O–H groups in total. The fourth-order valence-electron chi connectivity index (χ4n) is 0.936. The Kier molecular flexibility index (Phi) is 39.3. The van der Waals surface area contributed by atoms with Gasteiger partial charge in [0.2, 0.25) is 18.2 Å². The standard InChI is InChI=1S/C9H20N2O2.3CHNO/c1-2-7-13-9(12)8(11)5-3-4-6-10;3*2-1-3/h8H,2-7,10-11H2,1H3;3*2H/t8-;;;/m0.../s1. The van der Waals surface area contributed by atoms with Gasteiger partial charge in [-0.25, -0.2) is 30.6 Å². The summed E-state index contributed by atoms with van der Waals surface area (Å²) >= 11 is 0. The average molecular weight is 317 g/mol. The number of esters is 1. The number of hydrogen-bond acceptors (Lipinski definition) is 10. The van der Waals surface area contributed by atoms with Gasteiger partial charge in [-0.05, 0) is 25.8 Å². The first-order chi connectivity index (χ1) is 10.5. The molecule has 0 heterocycles. The minimum absolute atomic E-state index is 0.293. The van der Waals surface area contributed by atoms with Crippen LogP contribution in [0.15, 0.2) is 0 Å². The third kappa shape index (κ3) is 43.2. The van der Waals surface area contributed by atoms with Crippen molar-refractivity contribution in [3.63, 3.8) is 0 Å². The molecule has 0 aromatic rings. The van der Waals surface area contributed by atoms with Gasteiger partial charge in [0.1, 0.15) is 6.04 Å². The number of isocyanates is 3. The van der Waals surface area contributed by atoms with Gasteiger partial charge >= 0.3 is 5.97 Å². The van der Waals surface area contributed by atoms with E-state index in [1.54, 1.807) is 0 Å². The zero-order valence-electron chi connectivity index (χ0n) is 12.5. The molecule has 0 unspecified atom stereocenters. The van der Waals surface area contributed by atoms with E-state index in [0.717, 1.165) is 37.5 Å². The van der Waals surface area contributed by atoms with E-state index in [1.165, 1.54) is 0 Å². The summed E-state index contributed by atoms with van der Waals surface area (Å²) in [4.78, 5) is 36.2. The quantitative estimate of drug-likeness (QED) is 0.189. The first-order valence-electron chi connectivity index (χ1n) is 6.20. The largest absolute Gasteiger partial charge is 0.465 e. The molecule has 0 radical (unpaired) electrons.